The number of benzene rings is 2. The molecule has 1 aliphatic rings. The predicted molar refractivity (Wildman–Crippen MR) is 63.8 cm³/mol. The van der Waals surface area contributed by atoms with Crippen molar-refractivity contribution in [1.29, 1.82) is 0 Å². The van der Waals surface area contributed by atoms with Crippen LogP contribution in [0.4, 0.5) is 4.39 Å². The van der Waals surface area contributed by atoms with Crippen LogP contribution in [0.2, 0.25) is 0 Å². The van der Waals surface area contributed by atoms with Crippen LogP contribution < -0.4 is 0 Å². The molecule has 80 valence electrons. The summed E-state index contributed by atoms with van der Waals surface area (Å²) in [6.07, 6.45) is 2.61. The van der Waals surface area contributed by atoms with Gasteiger partial charge >= 0.3 is 0 Å². The highest BCUT2D eigenvalue weighted by Crippen LogP contribution is 2.40. The molecule has 0 saturated heterocycles. The summed E-state index contributed by atoms with van der Waals surface area (Å²) in [6, 6.07) is 15.2. The lowest BCUT2D eigenvalue weighted by Crippen LogP contribution is -1.84. The van der Waals surface area contributed by atoms with E-state index in [-0.39, 0.29) is 5.82 Å². The van der Waals surface area contributed by atoms with E-state index in [1.54, 1.807) is 6.07 Å². The second-order valence-corrected chi connectivity index (χ2v) is 4.38. The predicted octanol–water partition coefficient (Wildman–Crippen LogP) is 4.37. The zero-order chi connectivity index (χ0) is 11.0. The van der Waals surface area contributed by atoms with Crippen LogP contribution in [0, 0.1) is 5.82 Å². The number of rotatable bonds is 2. The maximum absolute atomic E-state index is 13.5. The molecule has 0 aromatic heterocycles. The molecule has 1 heteroatoms. The molecule has 0 unspecified atom stereocenters. The van der Waals surface area contributed by atoms with E-state index in [4.69, 9.17) is 0 Å². The SMILES string of the molecule is Fc1ccccc1-c1ccc(C2CC2)cc1. The van der Waals surface area contributed by atoms with Crippen LogP contribution in [0.25, 0.3) is 11.1 Å². The first kappa shape index (κ1) is 9.59. The van der Waals surface area contributed by atoms with Crippen molar-refractivity contribution in [2.24, 2.45) is 0 Å². The van der Waals surface area contributed by atoms with E-state index in [0.717, 1.165) is 11.5 Å². The second-order valence-electron chi connectivity index (χ2n) is 4.38. The minimum Gasteiger partial charge on any atom is -0.206 e. The van der Waals surface area contributed by atoms with E-state index in [1.807, 2.05) is 24.3 Å². The highest BCUT2D eigenvalue weighted by molar-refractivity contribution is 5.64. The lowest BCUT2D eigenvalue weighted by Gasteiger charge is -2.04. The van der Waals surface area contributed by atoms with E-state index in [2.05, 4.69) is 12.1 Å². The van der Waals surface area contributed by atoms with Gasteiger partial charge in [-0.25, -0.2) is 4.39 Å². The lowest BCUT2D eigenvalue weighted by molar-refractivity contribution is 0.631. The summed E-state index contributed by atoms with van der Waals surface area (Å²) in [5, 5.41) is 0. The summed E-state index contributed by atoms with van der Waals surface area (Å²) in [5.41, 5.74) is 3.03. The molecule has 0 heterocycles. The summed E-state index contributed by atoms with van der Waals surface area (Å²) in [4.78, 5) is 0. The van der Waals surface area contributed by atoms with Gasteiger partial charge in [-0.15, -0.1) is 0 Å². The Bertz CT molecular complexity index is 495. The summed E-state index contributed by atoms with van der Waals surface area (Å²) in [7, 11) is 0. The molecular weight excluding hydrogens is 199 g/mol. The number of hydrogen-bond donors (Lipinski definition) is 0. The maximum atomic E-state index is 13.5. The highest BCUT2D eigenvalue weighted by atomic mass is 19.1. The van der Waals surface area contributed by atoms with Gasteiger partial charge in [0.2, 0.25) is 0 Å². The van der Waals surface area contributed by atoms with E-state index in [1.165, 1.54) is 24.5 Å². The Labute approximate surface area is 94.7 Å². The van der Waals surface area contributed by atoms with Crippen LogP contribution in [0.5, 0.6) is 0 Å². The third-order valence-corrected chi connectivity index (χ3v) is 3.14. The zero-order valence-corrected chi connectivity index (χ0v) is 8.99. The van der Waals surface area contributed by atoms with Crippen molar-refractivity contribution in [2.75, 3.05) is 0 Å². The highest BCUT2D eigenvalue weighted by Gasteiger charge is 2.23. The van der Waals surface area contributed by atoms with E-state index in [9.17, 15) is 4.39 Å². The molecular formula is C15H13F. The minimum absolute atomic E-state index is 0.151. The van der Waals surface area contributed by atoms with E-state index >= 15 is 0 Å². The van der Waals surface area contributed by atoms with Gasteiger partial charge in [0, 0.05) is 5.56 Å². The summed E-state index contributed by atoms with van der Waals surface area (Å²) >= 11 is 0. The van der Waals surface area contributed by atoms with Gasteiger partial charge in [0.25, 0.3) is 0 Å². The average Bonchev–Trinajstić information content (AvgIpc) is 3.14. The van der Waals surface area contributed by atoms with Gasteiger partial charge in [0.15, 0.2) is 0 Å². The summed E-state index contributed by atoms with van der Waals surface area (Å²) < 4.78 is 13.5. The van der Waals surface area contributed by atoms with Crippen molar-refractivity contribution in [3.63, 3.8) is 0 Å². The normalized spacial score (nSPS) is 15.1. The Hall–Kier alpha value is -1.63. The van der Waals surface area contributed by atoms with Gasteiger partial charge in [-0.1, -0.05) is 42.5 Å². The monoisotopic (exact) mass is 212 g/mol. The van der Waals surface area contributed by atoms with Gasteiger partial charge in [0.1, 0.15) is 5.82 Å². The average molecular weight is 212 g/mol. The lowest BCUT2D eigenvalue weighted by atomic mass is 10.0. The van der Waals surface area contributed by atoms with Gasteiger partial charge in [-0.05, 0) is 36.0 Å². The third-order valence-electron chi connectivity index (χ3n) is 3.14. The van der Waals surface area contributed by atoms with Crippen molar-refractivity contribution in [3.05, 3.63) is 59.9 Å². The molecule has 2 aromatic carbocycles. The molecule has 1 aliphatic carbocycles. The standard InChI is InChI=1S/C15H13F/c16-15-4-2-1-3-14(15)13-9-7-12(8-10-13)11-5-6-11/h1-4,7-11H,5-6H2. The van der Waals surface area contributed by atoms with E-state index in [0.29, 0.717) is 5.56 Å². The topological polar surface area (TPSA) is 0 Å². The van der Waals surface area contributed by atoms with Crippen LogP contribution in [-0.4, -0.2) is 0 Å². The molecule has 2 aromatic rings. The summed E-state index contributed by atoms with van der Waals surface area (Å²) in [5.74, 6) is 0.608. The molecule has 0 radical (unpaired) electrons. The van der Waals surface area contributed by atoms with Crippen LogP contribution in [0.1, 0.15) is 24.3 Å². The fourth-order valence-corrected chi connectivity index (χ4v) is 2.05. The molecule has 0 N–H and O–H groups in total. The first-order valence-corrected chi connectivity index (χ1v) is 5.69. The van der Waals surface area contributed by atoms with Gasteiger partial charge in [-0.3, -0.25) is 0 Å². The van der Waals surface area contributed by atoms with Crippen LogP contribution in [0.3, 0.4) is 0 Å². The number of hydrogen-bond acceptors (Lipinski definition) is 0. The first-order chi connectivity index (χ1) is 7.84. The second kappa shape index (κ2) is 3.75. The molecule has 0 bridgehead atoms. The van der Waals surface area contributed by atoms with Gasteiger partial charge in [-0.2, -0.15) is 0 Å². The fraction of sp³-hybridized carbons (Fsp3) is 0.200. The van der Waals surface area contributed by atoms with Crippen LogP contribution in [0.15, 0.2) is 48.5 Å². The van der Waals surface area contributed by atoms with Crippen molar-refractivity contribution in [1.82, 2.24) is 0 Å². The molecule has 0 spiro atoms. The minimum atomic E-state index is -0.151. The molecule has 0 atom stereocenters. The van der Waals surface area contributed by atoms with Crippen molar-refractivity contribution < 1.29 is 4.39 Å². The fourth-order valence-electron chi connectivity index (χ4n) is 2.05. The first-order valence-electron chi connectivity index (χ1n) is 5.69. The molecule has 0 aliphatic heterocycles. The smallest absolute Gasteiger partial charge is 0.131 e. The van der Waals surface area contributed by atoms with Crippen LogP contribution >= 0.6 is 0 Å². The quantitative estimate of drug-likeness (QED) is 0.693. The van der Waals surface area contributed by atoms with E-state index < -0.39 is 0 Å². The zero-order valence-electron chi connectivity index (χ0n) is 8.99. The molecule has 3 rings (SSSR count). The number of halogens is 1. The Kier molecular flexibility index (Phi) is 2.24. The van der Waals surface area contributed by atoms with Gasteiger partial charge < -0.3 is 0 Å². The molecule has 16 heavy (non-hydrogen) atoms. The Balaban J connectivity index is 1.97. The van der Waals surface area contributed by atoms with Crippen molar-refractivity contribution in [2.45, 2.75) is 18.8 Å². The van der Waals surface area contributed by atoms with Gasteiger partial charge in [0.05, 0.1) is 0 Å². The Morgan fingerprint density at radius 1 is 0.875 bits per heavy atom. The Morgan fingerprint density at radius 3 is 2.19 bits per heavy atom. The van der Waals surface area contributed by atoms with Crippen molar-refractivity contribution in [3.8, 4) is 11.1 Å². The molecule has 0 amide bonds. The third kappa shape index (κ3) is 1.73. The Morgan fingerprint density at radius 2 is 1.56 bits per heavy atom. The summed E-state index contributed by atoms with van der Waals surface area (Å²) in [6.45, 7) is 0. The largest absolute Gasteiger partial charge is 0.206 e. The molecule has 1 fully saturated rings. The van der Waals surface area contributed by atoms with Crippen molar-refractivity contribution >= 4 is 0 Å². The molecule has 0 nitrogen and oxygen atoms in total. The molecule has 1 saturated carbocycles. The van der Waals surface area contributed by atoms with Crippen LogP contribution in [-0.2, 0) is 0 Å². The maximum Gasteiger partial charge on any atom is 0.131 e.